The number of hydrogen-bond donors (Lipinski definition) is 4. The second kappa shape index (κ2) is 8.76. The number of carbonyl (C=O) groups excluding carboxylic acids is 1. The molecule has 0 bridgehead atoms. The molecule has 5 N–H and O–H groups in total. The van der Waals surface area contributed by atoms with E-state index in [0.29, 0.717) is 27.5 Å². The van der Waals surface area contributed by atoms with Gasteiger partial charge in [-0.3, -0.25) is 4.79 Å². The second-order valence-electron chi connectivity index (χ2n) is 6.38. The molecular weight excluding hydrogens is 408 g/mol. The predicted molar refractivity (Wildman–Crippen MR) is 127 cm³/mol. The summed E-state index contributed by atoms with van der Waals surface area (Å²) in [4.78, 5) is 17.0. The van der Waals surface area contributed by atoms with Gasteiger partial charge in [-0.2, -0.15) is 0 Å². The van der Waals surface area contributed by atoms with E-state index in [4.69, 9.17) is 28.9 Å². The molecule has 0 spiro atoms. The third-order valence-corrected chi connectivity index (χ3v) is 4.36. The number of aromatic amines is 2. The molecule has 0 aliphatic heterocycles. The molecule has 31 heavy (non-hydrogen) atoms. The van der Waals surface area contributed by atoms with Gasteiger partial charge >= 0.3 is 0 Å². The molecule has 5 rings (SSSR count). The number of H-pyrrole nitrogens is 2. The van der Waals surface area contributed by atoms with Crippen molar-refractivity contribution in [3.05, 3.63) is 90.0 Å². The summed E-state index contributed by atoms with van der Waals surface area (Å²) < 4.78 is 64.3. The fourth-order valence-corrected chi connectivity index (χ4v) is 3.01. The molecule has 8 heteroatoms. The quantitative estimate of drug-likeness (QED) is 0.235. The van der Waals surface area contributed by atoms with E-state index in [1.807, 2.05) is 0 Å². The van der Waals surface area contributed by atoms with Crippen LogP contribution in [0.1, 0.15) is 17.9 Å². The Bertz CT molecular complexity index is 1750. The Morgan fingerprint density at radius 2 is 1.48 bits per heavy atom. The molecule has 0 saturated heterocycles. The Morgan fingerprint density at radius 3 is 2.10 bits per heavy atom. The Balaban J connectivity index is 0.000000181. The Kier molecular flexibility index (Phi) is 3.56. The number of carbonyl (C=O) groups is 1. The van der Waals surface area contributed by atoms with E-state index in [-0.39, 0.29) is 54.8 Å². The van der Waals surface area contributed by atoms with Gasteiger partial charge in [0.05, 0.1) is 33.4 Å². The maximum Gasteiger partial charge on any atom is 0.221 e. The van der Waals surface area contributed by atoms with Crippen LogP contribution in [0.25, 0.3) is 22.4 Å². The number of nitrogen functional groups attached to an aromatic ring is 1. The normalized spacial score (nSPS) is 14.1. The van der Waals surface area contributed by atoms with Crippen molar-refractivity contribution in [3.8, 4) is 11.4 Å². The minimum absolute atomic E-state index is 0.163. The zero-order valence-corrected chi connectivity index (χ0v) is 17.1. The zero-order chi connectivity index (χ0) is 28.8. The number of nitrogens with one attached hydrogen (secondary N) is 3. The van der Waals surface area contributed by atoms with Gasteiger partial charge in [-0.25, -0.2) is 0 Å². The van der Waals surface area contributed by atoms with E-state index in [2.05, 4.69) is 15.3 Å². The lowest BCUT2D eigenvalue weighted by Gasteiger charge is -2.09. The summed E-state index contributed by atoms with van der Waals surface area (Å²) in [5, 5.41) is 2.55. The summed E-state index contributed by atoms with van der Waals surface area (Å²) in [7, 11) is 0. The number of hydrogen-bond acceptors (Lipinski definition) is 3. The first-order valence-corrected chi connectivity index (χ1v) is 9.42. The van der Waals surface area contributed by atoms with Crippen molar-refractivity contribution in [1.29, 1.82) is 0 Å². The minimum Gasteiger partial charge on any atom is -0.397 e. The molecule has 1 amide bonds. The van der Waals surface area contributed by atoms with Gasteiger partial charge in [0.2, 0.25) is 5.91 Å². The number of aromatic nitrogens is 4. The van der Waals surface area contributed by atoms with Crippen LogP contribution in [0.3, 0.4) is 0 Å². The fraction of sp³-hybridized carbons (Fsp3) is 0.0435. The number of nitrogens with two attached hydrogens (primary N) is 1. The van der Waals surface area contributed by atoms with Crippen molar-refractivity contribution in [2.75, 3.05) is 11.1 Å². The topological polar surface area (TPSA) is 96.6 Å². The van der Waals surface area contributed by atoms with Crippen LogP contribution in [0, 0.1) is 4.77 Å². The van der Waals surface area contributed by atoms with Crippen molar-refractivity contribution in [2.45, 2.75) is 6.92 Å². The van der Waals surface area contributed by atoms with Crippen molar-refractivity contribution >= 4 is 40.5 Å². The fourth-order valence-electron chi connectivity index (χ4n) is 2.79. The summed E-state index contributed by atoms with van der Waals surface area (Å²) >= 11 is 5.00. The van der Waals surface area contributed by atoms with Crippen LogP contribution in [0.2, 0.25) is 0 Å². The Hall–Kier alpha value is -4.04. The highest BCUT2D eigenvalue weighted by atomic mass is 32.1. The van der Waals surface area contributed by atoms with Crippen LogP contribution in [0.5, 0.6) is 0 Å². The highest BCUT2D eigenvalue weighted by molar-refractivity contribution is 7.71. The summed E-state index contributed by atoms with van der Waals surface area (Å²) in [6.07, 6.45) is -0.830. The number of amides is 1. The lowest BCUT2D eigenvalue weighted by atomic mass is 10.2. The molecular formula is C23H22N6OS. The first-order chi connectivity index (χ1) is 18.3. The van der Waals surface area contributed by atoms with Crippen LogP contribution in [-0.4, -0.2) is 25.0 Å². The van der Waals surface area contributed by atoms with Gasteiger partial charge in [0.1, 0.15) is 0 Å². The molecule has 0 fully saturated rings. The third-order valence-electron chi connectivity index (χ3n) is 4.16. The van der Waals surface area contributed by atoms with E-state index in [9.17, 15) is 4.79 Å². The molecule has 0 saturated carbocycles. The van der Waals surface area contributed by atoms with Gasteiger partial charge in [-0.1, -0.05) is 0 Å². The molecule has 3 aromatic heterocycles. The number of imidazole rings is 1. The van der Waals surface area contributed by atoms with Crippen LogP contribution in [0.15, 0.2) is 85.3 Å². The molecule has 0 atom stereocenters. The van der Waals surface area contributed by atoms with Crippen molar-refractivity contribution in [1.82, 2.24) is 19.1 Å². The van der Waals surface area contributed by atoms with E-state index >= 15 is 0 Å². The molecule has 0 aliphatic rings. The van der Waals surface area contributed by atoms with Crippen molar-refractivity contribution in [2.24, 2.45) is 0 Å². The standard InChI is InChI=1S/C12H13N3O.C11H9N3S/c1-9(16)14-12-8-10(4-5-11(12)13)15-6-2-3-7-15;15-11-12-9-4-3-8(7-10(9)13-11)14-5-1-2-6-14/h2-8H,13H2,1H3,(H,14,16);1-7H,(H2,12,13,15)/i2D,3D,6D,7D;1D,2D,5D,6D. The maximum absolute atomic E-state index is 11.1. The first-order valence-electron chi connectivity index (χ1n) is 13.0. The number of rotatable bonds is 3. The average Bonchev–Trinajstić information content (AvgIpc) is 3.42. The van der Waals surface area contributed by atoms with Gasteiger partial charge in [-0.15, -0.1) is 0 Å². The molecule has 3 heterocycles. The molecule has 0 radical (unpaired) electrons. The van der Waals surface area contributed by atoms with Crippen LogP contribution in [-0.2, 0) is 4.79 Å². The minimum atomic E-state index is -0.312. The smallest absolute Gasteiger partial charge is 0.221 e. The monoisotopic (exact) mass is 438 g/mol. The lowest BCUT2D eigenvalue weighted by Crippen LogP contribution is -2.08. The Labute approximate surface area is 195 Å². The zero-order valence-electron chi connectivity index (χ0n) is 24.3. The summed E-state index contributed by atoms with van der Waals surface area (Å²) in [5.41, 5.74) is 8.99. The summed E-state index contributed by atoms with van der Waals surface area (Å²) in [6.45, 7) is 1.34. The van der Waals surface area contributed by atoms with Crippen molar-refractivity contribution in [3.63, 3.8) is 0 Å². The number of anilines is 2. The highest BCUT2D eigenvalue weighted by Gasteiger charge is 2.03. The van der Waals surface area contributed by atoms with Crippen LogP contribution < -0.4 is 11.1 Å². The maximum atomic E-state index is 11.1. The predicted octanol–water partition coefficient (Wildman–Crippen LogP) is 5.03. The summed E-state index contributed by atoms with van der Waals surface area (Å²) in [5.74, 6) is -0.291. The number of nitrogens with zero attached hydrogens (tertiary/aromatic N) is 2. The van der Waals surface area contributed by atoms with Gasteiger partial charge in [-0.05, 0) is 72.8 Å². The SMILES string of the molecule is [2H]c1c([2H])c([2H])n(-c2ccc(N)c(NC(C)=O)c2)c1[2H].[2H]c1c([2H])c([2H])n(-c2ccc3[nH]c(=S)[nH]c3c2)c1[2H]. The highest BCUT2D eigenvalue weighted by Crippen LogP contribution is 2.22. The van der Waals surface area contributed by atoms with Gasteiger partial charge in [0.25, 0.3) is 0 Å². The van der Waals surface area contributed by atoms with Crippen LogP contribution >= 0.6 is 12.2 Å². The van der Waals surface area contributed by atoms with E-state index in [1.165, 1.54) is 23.6 Å². The number of benzene rings is 2. The first kappa shape index (κ1) is 12.6. The molecule has 0 unspecified atom stereocenters. The van der Waals surface area contributed by atoms with E-state index in [1.54, 1.807) is 24.3 Å². The largest absolute Gasteiger partial charge is 0.397 e. The third kappa shape index (κ3) is 4.76. The lowest BCUT2D eigenvalue weighted by molar-refractivity contribution is -0.114. The molecule has 7 nitrogen and oxygen atoms in total. The van der Waals surface area contributed by atoms with Gasteiger partial charge in [0, 0.05) is 43.0 Å². The van der Waals surface area contributed by atoms with Crippen molar-refractivity contribution < 1.29 is 15.8 Å². The summed E-state index contributed by atoms with van der Waals surface area (Å²) in [6, 6.07) is 8.73. The van der Waals surface area contributed by atoms with Gasteiger partial charge in [0.15, 0.2) is 4.77 Å². The molecule has 156 valence electrons. The van der Waals surface area contributed by atoms with Crippen LogP contribution in [0.4, 0.5) is 11.4 Å². The number of fused-ring (bicyclic) bond motifs is 1. The average molecular weight is 439 g/mol. The Morgan fingerprint density at radius 1 is 0.935 bits per heavy atom. The van der Waals surface area contributed by atoms with E-state index < -0.39 is 0 Å². The molecule has 0 aliphatic carbocycles. The van der Waals surface area contributed by atoms with Gasteiger partial charge < -0.3 is 30.2 Å². The second-order valence-corrected chi connectivity index (χ2v) is 6.79. The van der Waals surface area contributed by atoms with E-state index in [0.717, 1.165) is 15.6 Å². The molecule has 2 aromatic carbocycles. The molecule has 5 aromatic rings.